The molecule has 0 spiro atoms. The lowest BCUT2D eigenvalue weighted by Crippen LogP contribution is -2.38. The molecule has 4 heteroatoms. The summed E-state index contributed by atoms with van der Waals surface area (Å²) in [5.74, 6) is 0.551. The van der Waals surface area contributed by atoms with Gasteiger partial charge in [0.25, 0.3) is 0 Å². The molecule has 0 unspecified atom stereocenters. The van der Waals surface area contributed by atoms with Gasteiger partial charge in [0.2, 0.25) is 5.91 Å². The smallest absolute Gasteiger partial charge is 0.248 e. The van der Waals surface area contributed by atoms with Crippen LogP contribution in [0.2, 0.25) is 0 Å². The first-order chi connectivity index (χ1) is 11.4. The van der Waals surface area contributed by atoms with Crippen molar-refractivity contribution in [2.24, 2.45) is 5.92 Å². The summed E-state index contributed by atoms with van der Waals surface area (Å²) >= 11 is 0. The van der Waals surface area contributed by atoms with Crippen molar-refractivity contribution in [3.63, 3.8) is 0 Å². The molecule has 0 aliphatic carbocycles. The third-order valence-electron chi connectivity index (χ3n) is 5.04. The van der Waals surface area contributed by atoms with E-state index in [0.717, 1.165) is 32.6 Å². The Bertz CT molecular complexity index is 585. The van der Waals surface area contributed by atoms with Gasteiger partial charge in [-0.2, -0.15) is 0 Å². The molecule has 24 heavy (non-hydrogen) atoms. The summed E-state index contributed by atoms with van der Waals surface area (Å²) in [6.45, 7) is 10.6. The van der Waals surface area contributed by atoms with Gasteiger partial charge in [-0.25, -0.2) is 0 Å². The van der Waals surface area contributed by atoms with Gasteiger partial charge in [0.05, 0.1) is 13.2 Å². The Morgan fingerprint density at radius 2 is 2.17 bits per heavy atom. The van der Waals surface area contributed by atoms with Crippen LogP contribution in [0, 0.1) is 5.92 Å². The van der Waals surface area contributed by atoms with Gasteiger partial charge >= 0.3 is 0 Å². The fourth-order valence-electron chi connectivity index (χ4n) is 3.36. The lowest BCUT2D eigenvalue weighted by atomic mass is 9.84. The Morgan fingerprint density at radius 1 is 1.33 bits per heavy atom. The van der Waals surface area contributed by atoms with Crippen molar-refractivity contribution >= 4 is 5.91 Å². The van der Waals surface area contributed by atoms with Crippen LogP contribution in [0.1, 0.15) is 43.9 Å². The number of carbonyl (C=O) groups is 1. The van der Waals surface area contributed by atoms with Crippen LogP contribution in [0.4, 0.5) is 0 Å². The van der Waals surface area contributed by atoms with Crippen LogP contribution in [0.15, 0.2) is 18.2 Å². The fraction of sp³-hybridized carbons (Fsp3) is 0.650. The number of fused-ring (bicyclic) bond motifs is 1. The van der Waals surface area contributed by atoms with E-state index in [4.69, 9.17) is 9.47 Å². The predicted octanol–water partition coefficient (Wildman–Crippen LogP) is 2.92. The second-order valence-corrected chi connectivity index (χ2v) is 8.04. The molecule has 0 bridgehead atoms. The molecule has 1 amide bonds. The van der Waals surface area contributed by atoms with Crippen LogP contribution >= 0.6 is 0 Å². The Hall–Kier alpha value is -1.39. The molecular weight excluding hydrogens is 302 g/mol. The molecule has 4 nitrogen and oxygen atoms in total. The van der Waals surface area contributed by atoms with E-state index in [1.165, 1.54) is 16.7 Å². The lowest BCUT2D eigenvalue weighted by Gasteiger charge is -2.30. The Morgan fingerprint density at radius 3 is 2.88 bits per heavy atom. The van der Waals surface area contributed by atoms with Gasteiger partial charge in [0, 0.05) is 25.6 Å². The quantitative estimate of drug-likeness (QED) is 0.851. The van der Waals surface area contributed by atoms with Gasteiger partial charge in [-0.05, 0) is 34.9 Å². The Kier molecular flexibility index (Phi) is 5.26. The van der Waals surface area contributed by atoms with Gasteiger partial charge in [0.15, 0.2) is 0 Å². The molecule has 1 aromatic rings. The monoisotopic (exact) mass is 331 g/mol. The molecule has 1 saturated heterocycles. The first-order valence-corrected chi connectivity index (χ1v) is 8.99. The molecule has 1 aromatic carbocycles. The Balaban J connectivity index is 1.56. The number of amides is 1. The molecule has 132 valence electrons. The van der Waals surface area contributed by atoms with Crippen LogP contribution in [-0.2, 0) is 32.6 Å². The zero-order valence-electron chi connectivity index (χ0n) is 15.1. The highest BCUT2D eigenvalue weighted by molar-refractivity contribution is 5.77. The highest BCUT2D eigenvalue weighted by Crippen LogP contribution is 2.27. The van der Waals surface area contributed by atoms with E-state index >= 15 is 0 Å². The van der Waals surface area contributed by atoms with E-state index in [9.17, 15) is 4.79 Å². The van der Waals surface area contributed by atoms with Crippen LogP contribution < -0.4 is 0 Å². The van der Waals surface area contributed by atoms with E-state index < -0.39 is 0 Å². The summed E-state index contributed by atoms with van der Waals surface area (Å²) in [6, 6.07) is 6.73. The molecule has 2 aliphatic rings. The van der Waals surface area contributed by atoms with Crippen molar-refractivity contribution < 1.29 is 14.3 Å². The Labute approximate surface area is 145 Å². The van der Waals surface area contributed by atoms with Gasteiger partial charge in [-0.1, -0.05) is 39.0 Å². The minimum Gasteiger partial charge on any atom is -0.381 e. The number of carbonyl (C=O) groups excluding carboxylic acids is 1. The maximum atomic E-state index is 12.4. The van der Waals surface area contributed by atoms with Gasteiger partial charge in [-0.15, -0.1) is 0 Å². The zero-order valence-corrected chi connectivity index (χ0v) is 15.1. The number of hydrogen-bond acceptors (Lipinski definition) is 3. The molecule has 1 atom stereocenters. The van der Waals surface area contributed by atoms with Crippen LogP contribution in [0.3, 0.4) is 0 Å². The molecule has 0 N–H and O–H groups in total. The average Bonchev–Trinajstić information content (AvgIpc) is 3.06. The van der Waals surface area contributed by atoms with Crippen molar-refractivity contribution in [1.82, 2.24) is 4.90 Å². The van der Waals surface area contributed by atoms with Crippen molar-refractivity contribution in [1.29, 1.82) is 0 Å². The number of benzene rings is 1. The first kappa shape index (κ1) is 17.4. The van der Waals surface area contributed by atoms with Gasteiger partial charge in [-0.3, -0.25) is 4.79 Å². The van der Waals surface area contributed by atoms with Gasteiger partial charge < -0.3 is 14.4 Å². The van der Waals surface area contributed by atoms with Crippen molar-refractivity contribution in [3.8, 4) is 0 Å². The molecule has 0 aromatic heterocycles. The van der Waals surface area contributed by atoms with E-state index in [-0.39, 0.29) is 17.9 Å². The third-order valence-corrected chi connectivity index (χ3v) is 5.04. The van der Waals surface area contributed by atoms with E-state index in [2.05, 4.69) is 39.0 Å². The molecular formula is C20H29NO3. The summed E-state index contributed by atoms with van der Waals surface area (Å²) in [5, 5.41) is 0. The molecule has 2 aliphatic heterocycles. The zero-order chi connectivity index (χ0) is 17.2. The highest BCUT2D eigenvalue weighted by Gasteiger charge is 2.23. The molecule has 0 saturated carbocycles. The highest BCUT2D eigenvalue weighted by atomic mass is 16.5. The summed E-state index contributed by atoms with van der Waals surface area (Å²) in [6.07, 6.45) is 1.98. The third kappa shape index (κ3) is 4.17. The topological polar surface area (TPSA) is 38.8 Å². The number of ether oxygens (including phenoxy) is 2. The largest absolute Gasteiger partial charge is 0.381 e. The molecule has 2 heterocycles. The van der Waals surface area contributed by atoms with E-state index in [0.29, 0.717) is 19.1 Å². The van der Waals surface area contributed by atoms with E-state index in [1.807, 2.05) is 4.90 Å². The summed E-state index contributed by atoms with van der Waals surface area (Å²) < 4.78 is 11.0. The van der Waals surface area contributed by atoms with Crippen molar-refractivity contribution in [2.45, 2.75) is 45.6 Å². The van der Waals surface area contributed by atoms with Gasteiger partial charge in [0.1, 0.15) is 6.61 Å². The average molecular weight is 331 g/mol. The normalized spacial score (nSPS) is 21.0. The lowest BCUT2D eigenvalue weighted by molar-refractivity contribution is -0.137. The summed E-state index contributed by atoms with van der Waals surface area (Å²) in [7, 11) is 0. The van der Waals surface area contributed by atoms with Crippen LogP contribution in [0.5, 0.6) is 0 Å². The number of nitrogens with zero attached hydrogens (tertiary/aromatic N) is 1. The van der Waals surface area contributed by atoms with Crippen molar-refractivity contribution in [3.05, 3.63) is 34.9 Å². The second kappa shape index (κ2) is 7.24. The minimum atomic E-state index is 0.0979. The number of rotatable bonds is 4. The number of hydrogen-bond donors (Lipinski definition) is 0. The molecule has 0 radical (unpaired) electrons. The maximum absolute atomic E-state index is 12.4. The first-order valence-electron chi connectivity index (χ1n) is 8.99. The maximum Gasteiger partial charge on any atom is 0.248 e. The van der Waals surface area contributed by atoms with E-state index in [1.54, 1.807) is 0 Å². The van der Waals surface area contributed by atoms with Crippen molar-refractivity contribution in [2.75, 3.05) is 33.0 Å². The standard InChI is InChI=1S/C20H29NO3/c1-20(2,3)18-5-4-16-6-8-21(11-17(16)10-18)19(22)14-24-13-15-7-9-23-12-15/h4-5,10,15H,6-9,11-14H2,1-3H3/t15-/m1/s1. The fourth-order valence-corrected chi connectivity index (χ4v) is 3.36. The summed E-state index contributed by atoms with van der Waals surface area (Å²) in [5.41, 5.74) is 4.11. The summed E-state index contributed by atoms with van der Waals surface area (Å²) in [4.78, 5) is 14.4. The predicted molar refractivity (Wildman–Crippen MR) is 94.0 cm³/mol. The minimum absolute atomic E-state index is 0.0979. The molecule has 1 fully saturated rings. The molecule has 3 rings (SSSR count). The van der Waals surface area contributed by atoms with Crippen LogP contribution in [0.25, 0.3) is 0 Å². The van der Waals surface area contributed by atoms with Crippen LogP contribution in [-0.4, -0.2) is 43.8 Å². The SMILES string of the molecule is CC(C)(C)c1ccc2c(c1)CN(C(=O)COC[C@@H]1CCOC1)CC2. The second-order valence-electron chi connectivity index (χ2n) is 8.04.